The Labute approximate surface area is 207 Å². The summed E-state index contributed by atoms with van der Waals surface area (Å²) in [6, 6.07) is 16.6. The van der Waals surface area contributed by atoms with Gasteiger partial charge in [-0.1, -0.05) is 42.5 Å². The topological polar surface area (TPSA) is 98.8 Å². The van der Waals surface area contributed by atoms with Crippen molar-refractivity contribution in [2.24, 2.45) is 5.92 Å². The van der Waals surface area contributed by atoms with Crippen molar-refractivity contribution in [1.82, 2.24) is 20.7 Å². The fraction of sp³-hybridized carbons (Fsp3) is 0.462. The van der Waals surface area contributed by atoms with Gasteiger partial charge >= 0.3 is 0 Å². The summed E-state index contributed by atoms with van der Waals surface area (Å²) in [6.07, 6.45) is 4.20. The number of carbonyl (C=O) groups excluding carboxylic acids is 2. The monoisotopic (exact) mass is 498 g/mol. The molecule has 0 unspecified atom stereocenters. The smallest absolute Gasteiger partial charge is 0.238 e. The average molecular weight is 499 g/mol. The Morgan fingerprint density at radius 1 is 0.971 bits per heavy atom. The molecule has 2 fully saturated rings. The van der Waals surface area contributed by atoms with Gasteiger partial charge in [0, 0.05) is 44.9 Å². The van der Waals surface area contributed by atoms with Gasteiger partial charge in [0.15, 0.2) is 9.84 Å². The maximum Gasteiger partial charge on any atom is 0.238 e. The molecule has 1 aliphatic heterocycles. The highest BCUT2D eigenvalue weighted by atomic mass is 32.2. The summed E-state index contributed by atoms with van der Waals surface area (Å²) in [5, 5.41) is 5.18. The number of hydrogen-bond donors (Lipinski definition) is 2. The molecule has 0 aromatic heterocycles. The Bertz CT molecular complexity index is 1110. The van der Waals surface area contributed by atoms with Crippen LogP contribution in [0.5, 0.6) is 0 Å². The van der Waals surface area contributed by atoms with E-state index in [-0.39, 0.29) is 35.1 Å². The van der Waals surface area contributed by atoms with Gasteiger partial charge in [-0.05, 0) is 42.5 Å². The number of amides is 2. The van der Waals surface area contributed by atoms with E-state index in [9.17, 15) is 18.0 Å². The van der Waals surface area contributed by atoms with Crippen LogP contribution in [0.2, 0.25) is 0 Å². The van der Waals surface area contributed by atoms with Crippen LogP contribution in [0.25, 0.3) is 0 Å². The van der Waals surface area contributed by atoms with E-state index in [2.05, 4.69) is 27.8 Å². The molecule has 8 nitrogen and oxygen atoms in total. The minimum atomic E-state index is -3.24. The van der Waals surface area contributed by atoms with Crippen molar-refractivity contribution in [3.05, 3.63) is 65.7 Å². The lowest BCUT2D eigenvalue weighted by Crippen LogP contribution is -2.54. The molecule has 1 saturated carbocycles. The molecule has 1 atom stereocenters. The van der Waals surface area contributed by atoms with Crippen molar-refractivity contribution in [3.8, 4) is 0 Å². The lowest BCUT2D eigenvalue weighted by atomic mass is 10.0. The number of carbonyl (C=O) groups is 2. The van der Waals surface area contributed by atoms with E-state index in [1.807, 2.05) is 23.2 Å². The van der Waals surface area contributed by atoms with Crippen LogP contribution in [0.1, 0.15) is 36.4 Å². The maximum absolute atomic E-state index is 12.5. The van der Waals surface area contributed by atoms with Crippen LogP contribution in [0.15, 0.2) is 59.5 Å². The van der Waals surface area contributed by atoms with E-state index < -0.39 is 9.84 Å². The Kier molecular flexibility index (Phi) is 8.20. The van der Waals surface area contributed by atoms with Crippen molar-refractivity contribution >= 4 is 21.7 Å². The molecule has 2 aromatic carbocycles. The second-order valence-corrected chi connectivity index (χ2v) is 11.5. The summed E-state index contributed by atoms with van der Waals surface area (Å²) in [4.78, 5) is 27.4. The number of rotatable bonds is 10. The first-order valence-corrected chi connectivity index (χ1v) is 14.1. The molecule has 0 radical (unpaired) electrons. The van der Waals surface area contributed by atoms with Crippen LogP contribution in [-0.2, 0) is 25.8 Å². The van der Waals surface area contributed by atoms with Crippen LogP contribution in [0.4, 0.5) is 0 Å². The maximum atomic E-state index is 12.5. The Morgan fingerprint density at radius 3 is 2.23 bits per heavy atom. The number of sulfone groups is 1. The molecular weight excluding hydrogens is 464 g/mol. The molecular formula is C26H34N4O4S. The van der Waals surface area contributed by atoms with Gasteiger partial charge in [-0.3, -0.25) is 15.0 Å². The summed E-state index contributed by atoms with van der Waals surface area (Å²) in [7, 11) is -3.24. The van der Waals surface area contributed by atoms with E-state index in [1.165, 1.54) is 18.4 Å². The van der Waals surface area contributed by atoms with E-state index in [1.54, 1.807) is 12.1 Å². The first-order chi connectivity index (χ1) is 16.8. The van der Waals surface area contributed by atoms with Gasteiger partial charge in [0.05, 0.1) is 17.4 Å². The van der Waals surface area contributed by atoms with Crippen LogP contribution >= 0.6 is 0 Å². The van der Waals surface area contributed by atoms with Crippen LogP contribution in [0, 0.1) is 5.92 Å². The number of hydrazine groups is 1. The van der Waals surface area contributed by atoms with Gasteiger partial charge in [0.2, 0.25) is 11.8 Å². The Hall–Kier alpha value is -2.75. The Morgan fingerprint density at radius 2 is 1.63 bits per heavy atom. The molecule has 0 bridgehead atoms. The van der Waals surface area contributed by atoms with Crippen molar-refractivity contribution in [1.29, 1.82) is 0 Å². The highest BCUT2D eigenvalue weighted by Crippen LogP contribution is 2.30. The van der Waals surface area contributed by atoms with Crippen molar-refractivity contribution in [2.75, 3.05) is 39.0 Å². The first-order valence-electron chi connectivity index (χ1n) is 12.2. The summed E-state index contributed by atoms with van der Waals surface area (Å²) >= 11 is 0. The van der Waals surface area contributed by atoms with Gasteiger partial charge in [0.25, 0.3) is 0 Å². The molecule has 2 amide bonds. The largest absolute Gasteiger partial charge is 0.349 e. The molecule has 2 aromatic rings. The van der Waals surface area contributed by atoms with Crippen LogP contribution < -0.4 is 10.7 Å². The van der Waals surface area contributed by atoms with Crippen LogP contribution in [0.3, 0.4) is 0 Å². The predicted octanol–water partition coefficient (Wildman–Crippen LogP) is 1.94. The number of nitrogens with one attached hydrogen (secondary N) is 2. The molecule has 1 aliphatic carbocycles. The molecule has 2 aliphatic rings. The molecule has 35 heavy (non-hydrogen) atoms. The van der Waals surface area contributed by atoms with Crippen LogP contribution in [-0.4, -0.2) is 69.1 Å². The zero-order chi connectivity index (χ0) is 24.8. The fourth-order valence-electron chi connectivity index (χ4n) is 4.29. The van der Waals surface area contributed by atoms with Gasteiger partial charge in [0.1, 0.15) is 0 Å². The highest BCUT2D eigenvalue weighted by Gasteiger charge is 2.31. The minimum Gasteiger partial charge on any atom is -0.349 e. The van der Waals surface area contributed by atoms with Gasteiger partial charge in [-0.2, -0.15) is 0 Å². The second kappa shape index (κ2) is 11.3. The quantitative estimate of drug-likeness (QED) is 0.520. The van der Waals surface area contributed by atoms with E-state index in [0.717, 1.165) is 63.1 Å². The van der Waals surface area contributed by atoms with E-state index >= 15 is 0 Å². The second-order valence-electron chi connectivity index (χ2n) is 9.49. The predicted molar refractivity (Wildman–Crippen MR) is 134 cm³/mol. The first kappa shape index (κ1) is 25.3. The lowest BCUT2D eigenvalue weighted by Gasteiger charge is -2.35. The normalized spacial score (nSPS) is 18.1. The molecule has 1 saturated heterocycles. The molecule has 0 spiro atoms. The molecule has 2 N–H and O–H groups in total. The zero-order valence-corrected chi connectivity index (χ0v) is 21.0. The number of hydrogen-bond acceptors (Lipinski definition) is 6. The Balaban J connectivity index is 1.21. The lowest BCUT2D eigenvalue weighted by molar-refractivity contribution is -0.126. The third kappa shape index (κ3) is 7.62. The molecule has 188 valence electrons. The van der Waals surface area contributed by atoms with Gasteiger partial charge in [-0.15, -0.1) is 0 Å². The van der Waals surface area contributed by atoms with Gasteiger partial charge < -0.3 is 10.2 Å². The number of nitrogens with zero attached hydrogens (tertiary/aromatic N) is 2. The van der Waals surface area contributed by atoms with Crippen molar-refractivity contribution in [3.63, 3.8) is 0 Å². The third-order valence-corrected chi connectivity index (χ3v) is 7.70. The van der Waals surface area contributed by atoms with E-state index in [4.69, 9.17) is 0 Å². The highest BCUT2D eigenvalue weighted by molar-refractivity contribution is 7.90. The summed E-state index contributed by atoms with van der Waals surface area (Å²) in [5.41, 5.74) is 4.87. The fourth-order valence-corrected chi connectivity index (χ4v) is 4.92. The summed E-state index contributed by atoms with van der Waals surface area (Å²) in [5.74, 6) is 0.237. The average Bonchev–Trinajstić information content (AvgIpc) is 3.69. The molecule has 1 heterocycles. The third-order valence-electron chi connectivity index (χ3n) is 6.57. The van der Waals surface area contributed by atoms with Crippen molar-refractivity contribution < 1.29 is 18.0 Å². The number of piperazine rings is 1. The molecule has 4 rings (SSSR count). The zero-order valence-electron chi connectivity index (χ0n) is 20.2. The number of benzene rings is 2. The minimum absolute atomic E-state index is 0.0103. The van der Waals surface area contributed by atoms with E-state index in [0.29, 0.717) is 0 Å². The standard InChI is InChI=1S/C26H34N4O4S/c1-35(33,34)23-11-7-20(8-12-23)19-25(31)28-30-17-15-29(16-18-30)14-13-24(21-5-3-2-4-6-21)27-26(32)22-9-10-22/h2-8,11-12,22,24H,9-10,13-19H2,1H3,(H,27,32)(H,28,31)/t24-/m0/s1. The van der Waals surface area contributed by atoms with Crippen molar-refractivity contribution in [2.45, 2.75) is 36.6 Å². The molecule has 9 heteroatoms. The SMILES string of the molecule is CS(=O)(=O)c1ccc(CC(=O)NN2CCN(CC[C@H](NC(=O)C3CC3)c3ccccc3)CC2)cc1. The summed E-state index contributed by atoms with van der Waals surface area (Å²) in [6.45, 7) is 3.99. The summed E-state index contributed by atoms with van der Waals surface area (Å²) < 4.78 is 23.2. The van der Waals surface area contributed by atoms with Gasteiger partial charge in [-0.25, -0.2) is 13.4 Å².